The topological polar surface area (TPSA) is 107 Å². The van der Waals surface area contributed by atoms with Crippen molar-refractivity contribution in [1.82, 2.24) is 19.8 Å². The molecule has 2 amide bonds. The van der Waals surface area contributed by atoms with E-state index in [0.29, 0.717) is 44.4 Å². The standard InChI is InChI=1S/C35H40FN5O6/c1-22-18-44-11-10-41(22)32(42)26-12-24(36)8-9-29(26)46-30-15-37-21-38-31(30)40-19-35(20-40)13-25(14-35)45-28-7-5-6-23-16-39(17-27(23)28)33(43)47-34(2,3)4/h5-9,12,15,21-22,25H,10-11,13-14,16-20H2,1-4H3/t22-/m1/s1. The van der Waals surface area contributed by atoms with Crippen molar-refractivity contribution in [3.05, 3.63) is 71.4 Å². The number of halogens is 1. The van der Waals surface area contributed by atoms with Gasteiger partial charge in [-0.2, -0.15) is 0 Å². The highest BCUT2D eigenvalue weighted by molar-refractivity contribution is 5.97. The summed E-state index contributed by atoms with van der Waals surface area (Å²) in [4.78, 5) is 40.4. The van der Waals surface area contributed by atoms with Gasteiger partial charge in [-0.15, -0.1) is 0 Å². The van der Waals surface area contributed by atoms with Crippen molar-refractivity contribution in [3.63, 3.8) is 0 Å². The molecular weight excluding hydrogens is 605 g/mol. The van der Waals surface area contributed by atoms with E-state index in [0.717, 1.165) is 42.8 Å². The molecule has 0 bridgehead atoms. The third kappa shape index (κ3) is 6.30. The van der Waals surface area contributed by atoms with E-state index in [1.165, 1.54) is 24.5 Å². The zero-order chi connectivity index (χ0) is 32.9. The highest BCUT2D eigenvalue weighted by Crippen LogP contribution is 2.52. The Morgan fingerprint density at radius 3 is 2.64 bits per heavy atom. The minimum atomic E-state index is -0.550. The van der Waals surface area contributed by atoms with E-state index in [1.807, 2.05) is 45.9 Å². The molecule has 4 heterocycles. The summed E-state index contributed by atoms with van der Waals surface area (Å²) in [7, 11) is 0. The lowest BCUT2D eigenvalue weighted by Gasteiger charge is -2.59. The SMILES string of the molecule is C[C@@H]1COCCN1C(=O)c1cc(F)ccc1Oc1cncnc1N1CC2(CC(Oc3cccc4c3CN(C(=O)OC(C)(C)C)C4)C2)C1. The van der Waals surface area contributed by atoms with E-state index in [9.17, 15) is 14.0 Å². The Labute approximate surface area is 273 Å². The smallest absolute Gasteiger partial charge is 0.410 e. The third-order valence-corrected chi connectivity index (χ3v) is 9.24. The average molecular weight is 646 g/mol. The van der Waals surface area contributed by atoms with Crippen LogP contribution in [0.2, 0.25) is 0 Å². The van der Waals surface area contributed by atoms with Crippen molar-refractivity contribution in [1.29, 1.82) is 0 Å². The monoisotopic (exact) mass is 645 g/mol. The van der Waals surface area contributed by atoms with Crippen molar-refractivity contribution >= 4 is 17.8 Å². The van der Waals surface area contributed by atoms with Crippen LogP contribution in [0.25, 0.3) is 0 Å². The van der Waals surface area contributed by atoms with Crippen LogP contribution in [0.4, 0.5) is 15.0 Å². The largest absolute Gasteiger partial charge is 0.490 e. The highest BCUT2D eigenvalue weighted by atomic mass is 19.1. The molecule has 11 nitrogen and oxygen atoms in total. The summed E-state index contributed by atoms with van der Waals surface area (Å²) >= 11 is 0. The predicted octanol–water partition coefficient (Wildman–Crippen LogP) is 5.57. The van der Waals surface area contributed by atoms with Crippen LogP contribution in [0.3, 0.4) is 0 Å². The maximum absolute atomic E-state index is 14.3. The fourth-order valence-corrected chi connectivity index (χ4v) is 6.98. The van der Waals surface area contributed by atoms with E-state index < -0.39 is 11.4 Å². The zero-order valence-corrected chi connectivity index (χ0v) is 27.2. The summed E-state index contributed by atoms with van der Waals surface area (Å²) in [5.41, 5.74) is 1.83. The summed E-state index contributed by atoms with van der Waals surface area (Å²) in [6, 6.07) is 9.83. The molecule has 2 aromatic carbocycles. The molecule has 3 aliphatic heterocycles. The number of anilines is 1. The van der Waals surface area contributed by atoms with Gasteiger partial charge < -0.3 is 28.7 Å². The Bertz CT molecular complexity index is 1680. The number of benzene rings is 2. The van der Waals surface area contributed by atoms with Crippen LogP contribution >= 0.6 is 0 Å². The van der Waals surface area contributed by atoms with Crippen LogP contribution in [0.1, 0.15) is 62.0 Å². The van der Waals surface area contributed by atoms with Crippen LogP contribution in [0, 0.1) is 11.2 Å². The quantitative estimate of drug-likeness (QED) is 0.340. The highest BCUT2D eigenvalue weighted by Gasteiger charge is 2.54. The van der Waals surface area contributed by atoms with Gasteiger partial charge in [0.25, 0.3) is 5.91 Å². The van der Waals surface area contributed by atoms with Crippen LogP contribution in [-0.2, 0) is 22.6 Å². The first-order valence-electron chi connectivity index (χ1n) is 16.1. The number of aromatic nitrogens is 2. The maximum Gasteiger partial charge on any atom is 0.410 e. The average Bonchev–Trinajstić information content (AvgIpc) is 3.44. The number of morpholine rings is 1. The second kappa shape index (κ2) is 12.0. The number of fused-ring (bicyclic) bond motifs is 1. The van der Waals surface area contributed by atoms with Gasteiger partial charge in [0.15, 0.2) is 11.6 Å². The van der Waals surface area contributed by atoms with E-state index in [-0.39, 0.29) is 40.9 Å². The van der Waals surface area contributed by atoms with Crippen molar-refractivity contribution in [2.45, 2.75) is 71.4 Å². The molecule has 1 saturated carbocycles. The van der Waals surface area contributed by atoms with Gasteiger partial charge in [-0.05, 0) is 70.4 Å². The molecule has 47 heavy (non-hydrogen) atoms. The molecule has 0 unspecified atom stereocenters. The molecule has 1 aliphatic carbocycles. The molecule has 1 atom stereocenters. The van der Waals surface area contributed by atoms with E-state index in [1.54, 1.807) is 16.0 Å². The number of amides is 2. The van der Waals surface area contributed by atoms with Gasteiger partial charge in [-0.25, -0.2) is 19.2 Å². The van der Waals surface area contributed by atoms with Crippen LogP contribution < -0.4 is 14.4 Å². The summed E-state index contributed by atoms with van der Waals surface area (Å²) in [6.07, 6.45) is 4.61. The Balaban J connectivity index is 0.983. The van der Waals surface area contributed by atoms with Gasteiger partial charge in [-0.1, -0.05) is 12.1 Å². The van der Waals surface area contributed by atoms with E-state index in [4.69, 9.17) is 18.9 Å². The lowest BCUT2D eigenvalue weighted by molar-refractivity contribution is -0.0349. The predicted molar refractivity (Wildman–Crippen MR) is 170 cm³/mol. The first kappa shape index (κ1) is 31.2. The number of carbonyl (C=O) groups is 2. The fraction of sp³-hybridized carbons (Fsp3) is 0.486. The van der Waals surface area contributed by atoms with Gasteiger partial charge in [0.2, 0.25) is 0 Å². The summed E-state index contributed by atoms with van der Waals surface area (Å²) in [5, 5.41) is 0. The second-order valence-corrected chi connectivity index (χ2v) is 14.1. The fourth-order valence-electron chi connectivity index (χ4n) is 6.98. The molecular formula is C35H40FN5O6. The first-order chi connectivity index (χ1) is 22.5. The van der Waals surface area contributed by atoms with E-state index in [2.05, 4.69) is 14.9 Å². The summed E-state index contributed by atoms with van der Waals surface area (Å²) in [6.45, 7) is 11.3. The van der Waals surface area contributed by atoms with Crippen LogP contribution in [0.15, 0.2) is 48.9 Å². The van der Waals surface area contributed by atoms with Crippen molar-refractivity contribution in [3.8, 4) is 17.2 Å². The number of hydrogen-bond acceptors (Lipinski definition) is 9. The van der Waals surface area contributed by atoms with Gasteiger partial charge in [0.1, 0.15) is 35.3 Å². The Morgan fingerprint density at radius 2 is 1.87 bits per heavy atom. The number of carbonyl (C=O) groups excluding carboxylic acids is 2. The molecule has 12 heteroatoms. The Kier molecular flexibility index (Phi) is 7.94. The second-order valence-electron chi connectivity index (χ2n) is 14.1. The third-order valence-electron chi connectivity index (χ3n) is 9.24. The van der Waals surface area contributed by atoms with Crippen LogP contribution in [-0.4, -0.2) is 82.4 Å². The normalized spacial score (nSPS) is 20.4. The Hall–Kier alpha value is -4.45. The summed E-state index contributed by atoms with van der Waals surface area (Å²) < 4.78 is 38.1. The van der Waals surface area contributed by atoms with Gasteiger partial charge in [-0.3, -0.25) is 9.69 Å². The lowest BCUT2D eigenvalue weighted by Crippen LogP contribution is -2.65. The maximum atomic E-state index is 14.3. The molecule has 248 valence electrons. The molecule has 4 aliphatic rings. The van der Waals surface area contributed by atoms with E-state index >= 15 is 0 Å². The molecule has 7 rings (SSSR count). The first-order valence-corrected chi connectivity index (χ1v) is 16.1. The molecule has 3 aromatic rings. The number of hydrogen-bond donors (Lipinski definition) is 0. The van der Waals surface area contributed by atoms with Gasteiger partial charge in [0.05, 0.1) is 37.6 Å². The molecule has 0 N–H and O–H groups in total. The molecule has 2 saturated heterocycles. The van der Waals surface area contributed by atoms with Crippen molar-refractivity contribution in [2.75, 3.05) is 37.7 Å². The minimum absolute atomic E-state index is 0.0794. The number of nitrogens with zero attached hydrogens (tertiary/aromatic N) is 5. The minimum Gasteiger partial charge on any atom is -0.490 e. The lowest BCUT2D eigenvalue weighted by atomic mass is 9.61. The molecule has 1 aromatic heterocycles. The summed E-state index contributed by atoms with van der Waals surface area (Å²) in [5.74, 6) is 1.28. The van der Waals surface area contributed by atoms with Crippen molar-refractivity contribution in [2.24, 2.45) is 5.41 Å². The number of ether oxygens (including phenoxy) is 4. The van der Waals surface area contributed by atoms with Gasteiger partial charge in [0, 0.05) is 37.2 Å². The molecule has 0 radical (unpaired) electrons. The molecule has 1 spiro atoms. The van der Waals surface area contributed by atoms with Crippen LogP contribution in [0.5, 0.6) is 17.2 Å². The molecule has 3 fully saturated rings. The van der Waals surface area contributed by atoms with Gasteiger partial charge >= 0.3 is 6.09 Å². The Morgan fingerprint density at radius 1 is 1.06 bits per heavy atom. The number of rotatable bonds is 6. The van der Waals surface area contributed by atoms with Crippen molar-refractivity contribution < 1.29 is 32.9 Å². The zero-order valence-electron chi connectivity index (χ0n) is 27.2.